The predicted octanol–water partition coefficient (Wildman–Crippen LogP) is 0.636. The topological polar surface area (TPSA) is 70.7 Å². The van der Waals surface area contributed by atoms with Gasteiger partial charge in [-0.1, -0.05) is 5.16 Å². The highest BCUT2D eigenvalue weighted by Gasteiger charge is 2.28. The number of hydrogen-bond acceptors (Lipinski definition) is 4. The summed E-state index contributed by atoms with van der Waals surface area (Å²) in [5, 5.41) is 16.5. The summed E-state index contributed by atoms with van der Waals surface area (Å²) in [6.45, 7) is 0. The Balaban J connectivity index is 2.56. The number of nitrogens with zero attached hydrogens (tertiary/aromatic N) is 4. The predicted molar refractivity (Wildman–Crippen MR) is 62.5 cm³/mol. The lowest BCUT2D eigenvalue weighted by Crippen LogP contribution is -2.24. The van der Waals surface area contributed by atoms with Crippen LogP contribution in [0.1, 0.15) is 34.6 Å². The fraction of sp³-hybridized carbons (Fsp3) is 0.545. The van der Waals surface area contributed by atoms with Gasteiger partial charge in [0.1, 0.15) is 5.71 Å². The molecule has 1 aromatic heterocycles. The summed E-state index contributed by atoms with van der Waals surface area (Å²) in [4.78, 5) is 13.5. The third-order valence-electron chi connectivity index (χ3n) is 2.99. The Hall–Kier alpha value is -1.85. The normalized spacial score (nSPS) is 17.0. The second-order valence-corrected chi connectivity index (χ2v) is 4.40. The van der Waals surface area contributed by atoms with Crippen LogP contribution in [-0.4, -0.2) is 45.6 Å². The maximum Gasteiger partial charge on any atom is 0.274 e. The van der Waals surface area contributed by atoms with Crippen LogP contribution >= 0.6 is 0 Å². The molecule has 0 fully saturated rings. The Morgan fingerprint density at radius 1 is 1.47 bits per heavy atom. The van der Waals surface area contributed by atoms with Crippen molar-refractivity contribution in [2.75, 3.05) is 14.1 Å². The van der Waals surface area contributed by atoms with Gasteiger partial charge in [-0.15, -0.1) is 0 Å². The number of aromatic nitrogens is 2. The number of amides is 1. The molecule has 92 valence electrons. The van der Waals surface area contributed by atoms with Gasteiger partial charge in [-0.25, -0.2) is 0 Å². The van der Waals surface area contributed by atoms with Crippen molar-refractivity contribution in [2.24, 2.45) is 12.2 Å². The zero-order chi connectivity index (χ0) is 12.6. The van der Waals surface area contributed by atoms with E-state index < -0.39 is 0 Å². The average Bonchev–Trinajstić information content (AvgIpc) is 2.66. The van der Waals surface area contributed by atoms with Crippen molar-refractivity contribution in [3.8, 4) is 0 Å². The molecule has 1 aliphatic rings. The molecule has 0 radical (unpaired) electrons. The molecule has 1 N–H and O–H groups in total. The standard InChI is InChI=1S/C11H16N4O2/c1-14(2)11(16)9-7-5-4-6-8(13-17)10(7)15(3)12-9/h17H,4-6H2,1-3H3/b13-8+. The van der Waals surface area contributed by atoms with Gasteiger partial charge in [-0.2, -0.15) is 5.10 Å². The first-order valence-corrected chi connectivity index (χ1v) is 5.55. The zero-order valence-electron chi connectivity index (χ0n) is 10.3. The molecule has 0 spiro atoms. The molecule has 0 saturated heterocycles. The monoisotopic (exact) mass is 236 g/mol. The highest BCUT2D eigenvalue weighted by Crippen LogP contribution is 2.25. The van der Waals surface area contributed by atoms with Gasteiger partial charge in [0.15, 0.2) is 5.69 Å². The van der Waals surface area contributed by atoms with Crippen LogP contribution in [0.15, 0.2) is 5.16 Å². The molecule has 1 heterocycles. The molecule has 2 rings (SSSR count). The minimum atomic E-state index is -0.110. The van der Waals surface area contributed by atoms with Crippen LogP contribution in [0.2, 0.25) is 0 Å². The number of hydrogen-bond donors (Lipinski definition) is 1. The largest absolute Gasteiger partial charge is 0.411 e. The zero-order valence-corrected chi connectivity index (χ0v) is 10.3. The minimum Gasteiger partial charge on any atom is -0.411 e. The van der Waals surface area contributed by atoms with E-state index in [0.717, 1.165) is 30.5 Å². The summed E-state index contributed by atoms with van der Waals surface area (Å²) in [7, 11) is 5.17. The van der Waals surface area contributed by atoms with Crippen molar-refractivity contribution in [3.63, 3.8) is 0 Å². The van der Waals surface area contributed by atoms with E-state index in [1.54, 1.807) is 25.8 Å². The summed E-state index contributed by atoms with van der Waals surface area (Å²) >= 11 is 0. The summed E-state index contributed by atoms with van der Waals surface area (Å²) in [6, 6.07) is 0. The molecule has 6 nitrogen and oxygen atoms in total. The van der Waals surface area contributed by atoms with Crippen molar-refractivity contribution in [3.05, 3.63) is 17.0 Å². The maximum atomic E-state index is 12.0. The van der Waals surface area contributed by atoms with Crippen LogP contribution in [0.5, 0.6) is 0 Å². The number of carbonyl (C=O) groups is 1. The van der Waals surface area contributed by atoms with E-state index in [1.807, 2.05) is 0 Å². The Morgan fingerprint density at radius 2 is 2.18 bits per heavy atom. The SMILES string of the molecule is CN(C)C(=O)c1nn(C)c2c1CCC/C2=N\O. The molecule has 0 aliphatic heterocycles. The van der Waals surface area contributed by atoms with Gasteiger partial charge in [-0.3, -0.25) is 9.48 Å². The van der Waals surface area contributed by atoms with Crippen LogP contribution in [0.4, 0.5) is 0 Å². The van der Waals surface area contributed by atoms with Crippen LogP contribution < -0.4 is 0 Å². The van der Waals surface area contributed by atoms with E-state index in [1.165, 1.54) is 4.90 Å². The van der Waals surface area contributed by atoms with E-state index in [2.05, 4.69) is 10.3 Å². The molecule has 6 heteroatoms. The van der Waals surface area contributed by atoms with Gasteiger partial charge in [0.2, 0.25) is 0 Å². The summed E-state index contributed by atoms with van der Waals surface area (Å²) in [6.07, 6.45) is 2.40. The van der Waals surface area contributed by atoms with Crippen molar-refractivity contribution in [2.45, 2.75) is 19.3 Å². The van der Waals surface area contributed by atoms with Crippen LogP contribution in [0, 0.1) is 0 Å². The maximum absolute atomic E-state index is 12.0. The van der Waals surface area contributed by atoms with Gasteiger partial charge in [0, 0.05) is 26.7 Å². The molecule has 0 aromatic carbocycles. The van der Waals surface area contributed by atoms with Gasteiger partial charge in [0.05, 0.1) is 5.69 Å². The van der Waals surface area contributed by atoms with Gasteiger partial charge in [-0.05, 0) is 19.3 Å². The van der Waals surface area contributed by atoms with E-state index >= 15 is 0 Å². The lowest BCUT2D eigenvalue weighted by Gasteiger charge is -2.15. The second kappa shape index (κ2) is 4.20. The Labute approximate surface area is 99.5 Å². The van der Waals surface area contributed by atoms with Crippen molar-refractivity contribution >= 4 is 11.6 Å². The van der Waals surface area contributed by atoms with Crippen LogP contribution in [0.3, 0.4) is 0 Å². The molecular weight excluding hydrogens is 220 g/mol. The highest BCUT2D eigenvalue weighted by atomic mass is 16.4. The number of rotatable bonds is 1. The molecular formula is C11H16N4O2. The lowest BCUT2D eigenvalue weighted by atomic mass is 9.94. The Bertz CT molecular complexity index is 488. The molecule has 0 atom stereocenters. The highest BCUT2D eigenvalue weighted by molar-refractivity contribution is 6.04. The van der Waals surface area contributed by atoms with E-state index in [9.17, 15) is 4.79 Å². The Morgan fingerprint density at radius 3 is 2.76 bits per heavy atom. The quantitative estimate of drug-likeness (QED) is 0.574. The number of aryl methyl sites for hydroxylation is 1. The molecule has 17 heavy (non-hydrogen) atoms. The third-order valence-corrected chi connectivity index (χ3v) is 2.99. The molecule has 1 amide bonds. The van der Waals surface area contributed by atoms with Gasteiger partial charge >= 0.3 is 0 Å². The second-order valence-electron chi connectivity index (χ2n) is 4.40. The lowest BCUT2D eigenvalue weighted by molar-refractivity contribution is 0.0820. The average molecular weight is 236 g/mol. The smallest absolute Gasteiger partial charge is 0.274 e. The van der Waals surface area contributed by atoms with Crippen LogP contribution in [-0.2, 0) is 13.5 Å². The van der Waals surface area contributed by atoms with E-state index in [-0.39, 0.29) is 5.91 Å². The summed E-state index contributed by atoms with van der Waals surface area (Å²) in [5.74, 6) is -0.110. The van der Waals surface area contributed by atoms with Crippen LogP contribution in [0.25, 0.3) is 0 Å². The number of fused-ring (bicyclic) bond motifs is 1. The van der Waals surface area contributed by atoms with Crippen molar-refractivity contribution < 1.29 is 10.0 Å². The van der Waals surface area contributed by atoms with Crippen molar-refractivity contribution in [1.82, 2.24) is 14.7 Å². The molecule has 0 bridgehead atoms. The molecule has 0 saturated carbocycles. The summed E-state index contributed by atoms with van der Waals surface area (Å²) < 4.78 is 1.63. The molecule has 1 aliphatic carbocycles. The fourth-order valence-corrected chi connectivity index (χ4v) is 2.20. The Kier molecular flexibility index (Phi) is 2.87. The molecule has 1 aromatic rings. The van der Waals surface area contributed by atoms with E-state index in [4.69, 9.17) is 5.21 Å². The van der Waals surface area contributed by atoms with Gasteiger partial charge < -0.3 is 10.1 Å². The fourth-order valence-electron chi connectivity index (χ4n) is 2.20. The van der Waals surface area contributed by atoms with Gasteiger partial charge in [0.25, 0.3) is 5.91 Å². The molecule has 0 unspecified atom stereocenters. The first kappa shape index (κ1) is 11.6. The first-order chi connectivity index (χ1) is 8.06. The van der Waals surface area contributed by atoms with Crippen molar-refractivity contribution in [1.29, 1.82) is 0 Å². The number of oxime groups is 1. The summed E-state index contributed by atoms with van der Waals surface area (Å²) in [5.41, 5.74) is 2.75. The minimum absolute atomic E-state index is 0.110. The number of carbonyl (C=O) groups excluding carboxylic acids is 1. The first-order valence-electron chi connectivity index (χ1n) is 5.55. The van der Waals surface area contributed by atoms with E-state index in [0.29, 0.717) is 11.4 Å². The third kappa shape index (κ3) is 1.79.